The fraction of sp³-hybridized carbons (Fsp3) is 0.304. The number of nitrogens with zero attached hydrogens (tertiary/aromatic N) is 1. The normalized spacial score (nSPS) is 13.1. The molecule has 1 aromatic heterocycles. The minimum absolute atomic E-state index is 0.0285. The van der Waals surface area contributed by atoms with E-state index in [1.165, 1.54) is 0 Å². The number of carboxylic acid groups (broad SMARTS) is 1. The van der Waals surface area contributed by atoms with Crippen LogP contribution in [0.25, 0.3) is 10.9 Å². The number of aliphatic carboxylic acids is 1. The van der Waals surface area contributed by atoms with Crippen molar-refractivity contribution < 1.29 is 14.7 Å². The summed E-state index contributed by atoms with van der Waals surface area (Å²) in [6, 6.07) is 13.2. The number of hydrogen-bond donors (Lipinski definition) is 3. The van der Waals surface area contributed by atoms with Gasteiger partial charge in [-0.3, -0.25) is 9.59 Å². The van der Waals surface area contributed by atoms with E-state index in [0.717, 1.165) is 10.1 Å². The van der Waals surface area contributed by atoms with Crippen molar-refractivity contribution in [2.24, 2.45) is 5.92 Å². The number of nitrogens with one attached hydrogen (secondary N) is 2. The van der Waals surface area contributed by atoms with Gasteiger partial charge >= 0.3 is 11.7 Å². The van der Waals surface area contributed by atoms with Crippen molar-refractivity contribution in [3.05, 3.63) is 81.0 Å². The molecule has 1 amide bonds. The third-order valence-electron chi connectivity index (χ3n) is 5.04. The van der Waals surface area contributed by atoms with Crippen LogP contribution in [0.5, 0.6) is 0 Å². The Morgan fingerprint density at radius 1 is 1.03 bits per heavy atom. The second-order valence-corrected chi connectivity index (χ2v) is 7.89. The van der Waals surface area contributed by atoms with Gasteiger partial charge in [-0.1, -0.05) is 56.3 Å². The SMILES string of the molecule is CC(C)CC(NC(=O)C(Cc1ccccc1)n1c(=O)[nH]c2ccccc2c1=O)C(=O)O. The number of carboxylic acids is 1. The van der Waals surface area contributed by atoms with Gasteiger partial charge in [-0.2, -0.15) is 0 Å². The highest BCUT2D eigenvalue weighted by Gasteiger charge is 2.29. The van der Waals surface area contributed by atoms with Crippen molar-refractivity contribution in [2.75, 3.05) is 0 Å². The van der Waals surface area contributed by atoms with Crippen molar-refractivity contribution in [1.82, 2.24) is 14.9 Å². The number of carbonyl (C=O) groups excluding carboxylic acids is 1. The predicted octanol–water partition coefficient (Wildman–Crippen LogP) is 2.09. The molecule has 2 unspecified atom stereocenters. The summed E-state index contributed by atoms with van der Waals surface area (Å²) in [5.41, 5.74) is -0.227. The van der Waals surface area contributed by atoms with Crippen LogP contribution in [0.15, 0.2) is 64.2 Å². The largest absolute Gasteiger partial charge is 0.480 e. The predicted molar refractivity (Wildman–Crippen MR) is 117 cm³/mol. The molecule has 0 bridgehead atoms. The molecule has 0 fully saturated rings. The third kappa shape index (κ3) is 5.09. The number of rotatable bonds is 8. The van der Waals surface area contributed by atoms with Gasteiger partial charge in [-0.15, -0.1) is 0 Å². The van der Waals surface area contributed by atoms with Crippen LogP contribution in [0, 0.1) is 5.92 Å². The van der Waals surface area contributed by atoms with E-state index >= 15 is 0 Å². The molecule has 2 atom stereocenters. The van der Waals surface area contributed by atoms with Crippen LogP contribution >= 0.6 is 0 Å². The van der Waals surface area contributed by atoms with Crippen molar-refractivity contribution in [1.29, 1.82) is 0 Å². The summed E-state index contributed by atoms with van der Waals surface area (Å²) < 4.78 is 0.874. The summed E-state index contributed by atoms with van der Waals surface area (Å²) in [4.78, 5) is 53.4. The van der Waals surface area contributed by atoms with Crippen LogP contribution in [0.1, 0.15) is 31.9 Å². The lowest BCUT2D eigenvalue weighted by atomic mass is 10.0. The van der Waals surface area contributed by atoms with Gasteiger partial charge in [0.1, 0.15) is 12.1 Å². The first-order chi connectivity index (χ1) is 14.8. The molecule has 2 aromatic carbocycles. The Labute approximate surface area is 178 Å². The number of aromatic amines is 1. The highest BCUT2D eigenvalue weighted by molar-refractivity contribution is 5.86. The molecule has 1 heterocycles. The minimum Gasteiger partial charge on any atom is -0.480 e. The van der Waals surface area contributed by atoms with E-state index in [4.69, 9.17) is 0 Å². The zero-order valence-corrected chi connectivity index (χ0v) is 17.4. The highest BCUT2D eigenvalue weighted by atomic mass is 16.4. The number of amides is 1. The average molecular weight is 423 g/mol. The Kier molecular flexibility index (Phi) is 6.69. The summed E-state index contributed by atoms with van der Waals surface area (Å²) in [5.74, 6) is -1.83. The van der Waals surface area contributed by atoms with Gasteiger partial charge in [0.05, 0.1) is 10.9 Å². The molecule has 3 N–H and O–H groups in total. The Hall–Kier alpha value is -3.68. The quantitative estimate of drug-likeness (QED) is 0.512. The maximum absolute atomic E-state index is 13.2. The number of hydrogen-bond acceptors (Lipinski definition) is 4. The molecule has 0 spiro atoms. The molecular formula is C23H25N3O5. The number of fused-ring (bicyclic) bond motifs is 1. The summed E-state index contributed by atoms with van der Waals surface area (Å²) in [7, 11) is 0. The van der Waals surface area contributed by atoms with Crippen LogP contribution in [0.3, 0.4) is 0 Å². The van der Waals surface area contributed by atoms with Gasteiger partial charge in [0.25, 0.3) is 5.56 Å². The lowest BCUT2D eigenvalue weighted by Gasteiger charge is -2.23. The Morgan fingerprint density at radius 3 is 2.32 bits per heavy atom. The maximum atomic E-state index is 13.2. The second kappa shape index (κ2) is 9.42. The molecule has 0 saturated carbocycles. The number of H-pyrrole nitrogens is 1. The van der Waals surface area contributed by atoms with Crippen LogP contribution < -0.4 is 16.6 Å². The molecule has 0 radical (unpaired) electrons. The summed E-state index contributed by atoms with van der Waals surface area (Å²) in [6.07, 6.45) is 0.282. The first-order valence-electron chi connectivity index (χ1n) is 10.1. The lowest BCUT2D eigenvalue weighted by molar-refractivity contribution is -0.142. The van der Waals surface area contributed by atoms with E-state index in [-0.39, 0.29) is 24.1 Å². The van der Waals surface area contributed by atoms with Crippen molar-refractivity contribution >= 4 is 22.8 Å². The average Bonchev–Trinajstić information content (AvgIpc) is 2.72. The van der Waals surface area contributed by atoms with E-state index in [0.29, 0.717) is 5.52 Å². The van der Waals surface area contributed by atoms with Gasteiger partial charge in [-0.05, 0) is 30.0 Å². The van der Waals surface area contributed by atoms with Gasteiger partial charge in [-0.25, -0.2) is 14.2 Å². The first-order valence-corrected chi connectivity index (χ1v) is 10.1. The fourth-order valence-corrected chi connectivity index (χ4v) is 3.56. The molecular weight excluding hydrogens is 398 g/mol. The fourth-order valence-electron chi connectivity index (χ4n) is 3.56. The Balaban J connectivity index is 2.08. The molecule has 0 aliphatic heterocycles. The smallest absolute Gasteiger partial charge is 0.329 e. The van der Waals surface area contributed by atoms with Crippen LogP contribution in [-0.2, 0) is 16.0 Å². The molecule has 3 aromatic rings. The van der Waals surface area contributed by atoms with Crippen LogP contribution in [-0.4, -0.2) is 32.6 Å². The van der Waals surface area contributed by atoms with Gasteiger partial charge < -0.3 is 15.4 Å². The van der Waals surface area contributed by atoms with Crippen molar-refractivity contribution in [3.63, 3.8) is 0 Å². The standard InChI is InChI=1S/C23H25N3O5/c1-14(2)12-18(22(29)30)24-20(27)19(13-15-8-4-3-5-9-15)26-21(28)16-10-6-7-11-17(16)25-23(26)31/h3-11,14,18-19H,12-13H2,1-2H3,(H,24,27)(H,25,31)(H,29,30). The third-order valence-corrected chi connectivity index (χ3v) is 5.04. The topological polar surface area (TPSA) is 121 Å². The van der Waals surface area contributed by atoms with Crippen LogP contribution in [0.2, 0.25) is 0 Å². The second-order valence-electron chi connectivity index (χ2n) is 7.89. The molecule has 0 aliphatic rings. The number of para-hydroxylation sites is 1. The molecule has 8 heteroatoms. The first kappa shape index (κ1) is 22.0. The number of aromatic nitrogens is 2. The monoisotopic (exact) mass is 423 g/mol. The molecule has 0 aliphatic carbocycles. The van der Waals surface area contributed by atoms with E-state index in [1.54, 1.807) is 48.5 Å². The summed E-state index contributed by atoms with van der Waals surface area (Å²) in [6.45, 7) is 3.70. The molecule has 8 nitrogen and oxygen atoms in total. The zero-order chi connectivity index (χ0) is 22.5. The molecule has 3 rings (SSSR count). The van der Waals surface area contributed by atoms with E-state index in [1.807, 2.05) is 19.9 Å². The lowest BCUT2D eigenvalue weighted by Crippen LogP contribution is -2.49. The van der Waals surface area contributed by atoms with Gasteiger partial charge in [0, 0.05) is 6.42 Å². The van der Waals surface area contributed by atoms with Gasteiger partial charge in [0.15, 0.2) is 0 Å². The summed E-state index contributed by atoms with van der Waals surface area (Å²) >= 11 is 0. The van der Waals surface area contributed by atoms with E-state index in [2.05, 4.69) is 10.3 Å². The maximum Gasteiger partial charge on any atom is 0.329 e. The highest BCUT2D eigenvalue weighted by Crippen LogP contribution is 2.15. The number of benzene rings is 2. The number of carbonyl (C=O) groups is 2. The molecule has 31 heavy (non-hydrogen) atoms. The Bertz CT molecular complexity index is 1200. The molecule has 162 valence electrons. The molecule has 0 saturated heterocycles. The van der Waals surface area contributed by atoms with Crippen molar-refractivity contribution in [3.8, 4) is 0 Å². The van der Waals surface area contributed by atoms with Crippen LogP contribution in [0.4, 0.5) is 0 Å². The van der Waals surface area contributed by atoms with E-state index < -0.39 is 35.2 Å². The zero-order valence-electron chi connectivity index (χ0n) is 17.4. The van der Waals surface area contributed by atoms with Gasteiger partial charge in [0.2, 0.25) is 5.91 Å². The van der Waals surface area contributed by atoms with E-state index in [9.17, 15) is 24.3 Å². The Morgan fingerprint density at radius 2 is 1.68 bits per heavy atom. The summed E-state index contributed by atoms with van der Waals surface area (Å²) in [5, 5.41) is 12.3. The minimum atomic E-state index is -1.21. The van der Waals surface area contributed by atoms with Crippen molar-refractivity contribution in [2.45, 2.75) is 38.8 Å².